The van der Waals surface area contributed by atoms with Crippen LogP contribution in [-0.2, 0) is 21.6 Å². The summed E-state index contributed by atoms with van der Waals surface area (Å²) in [5.41, 5.74) is 5.13. The molecule has 1 aliphatic heterocycles. The highest BCUT2D eigenvalue weighted by molar-refractivity contribution is 7.13. The van der Waals surface area contributed by atoms with E-state index in [4.69, 9.17) is 0 Å². The van der Waals surface area contributed by atoms with E-state index in [-0.39, 0.29) is 48.8 Å². The van der Waals surface area contributed by atoms with Crippen molar-refractivity contribution in [3.05, 3.63) is 59.0 Å². The van der Waals surface area contributed by atoms with Crippen molar-refractivity contribution in [2.24, 2.45) is 5.92 Å². The van der Waals surface area contributed by atoms with Crippen LogP contribution >= 0.6 is 11.3 Å². The molecule has 3 aromatic rings. The van der Waals surface area contributed by atoms with E-state index in [9.17, 15) is 19.8 Å². The number of hydrogen-bond acceptors (Lipinski definition) is 7. The fourth-order valence-electron chi connectivity index (χ4n) is 4.99. The second-order valence-corrected chi connectivity index (χ2v) is 12.5. The molecule has 2 aromatic heterocycles. The number of carbonyl (C=O) groups excluding carboxylic acids is 2. The number of nitrogens with one attached hydrogen (secondary N) is 1. The number of β-amino-alcohol motifs (C(OH)–C–C–N with tert-alkyl or cyclic N) is 1. The average Bonchev–Trinajstić information content (AvgIpc) is 3.63. The van der Waals surface area contributed by atoms with Crippen LogP contribution in [0.3, 0.4) is 0 Å². The van der Waals surface area contributed by atoms with Gasteiger partial charge < -0.3 is 20.4 Å². The molecule has 0 spiro atoms. The molecule has 0 saturated carbocycles. The molecule has 39 heavy (non-hydrogen) atoms. The van der Waals surface area contributed by atoms with Gasteiger partial charge >= 0.3 is 0 Å². The molecule has 3 heterocycles. The quantitative estimate of drug-likeness (QED) is 0.390. The van der Waals surface area contributed by atoms with E-state index in [0.29, 0.717) is 5.69 Å². The van der Waals surface area contributed by atoms with Crippen LogP contribution < -0.4 is 5.32 Å². The van der Waals surface area contributed by atoms with Gasteiger partial charge in [-0.25, -0.2) is 4.98 Å². The Kier molecular flexibility index (Phi) is 8.58. The summed E-state index contributed by atoms with van der Waals surface area (Å²) in [7, 11) is 0. The molecule has 10 heteroatoms. The number of carbonyl (C=O) groups is 2. The van der Waals surface area contributed by atoms with Crippen molar-refractivity contribution in [2.45, 2.75) is 84.2 Å². The third-order valence-electron chi connectivity index (χ3n) is 7.32. The number of hydrogen-bond donors (Lipinski definition) is 3. The van der Waals surface area contributed by atoms with E-state index in [1.165, 1.54) is 16.2 Å². The summed E-state index contributed by atoms with van der Waals surface area (Å²) in [5, 5.41) is 27.5. The molecule has 4 unspecified atom stereocenters. The summed E-state index contributed by atoms with van der Waals surface area (Å²) in [4.78, 5) is 33.9. The third-order valence-corrected chi connectivity index (χ3v) is 8.24. The molecular weight excluding hydrogens is 514 g/mol. The molecule has 1 saturated heterocycles. The summed E-state index contributed by atoms with van der Waals surface area (Å²) >= 11 is 1.47. The lowest BCUT2D eigenvalue weighted by Crippen LogP contribution is -2.49. The number of rotatable bonds is 8. The minimum atomic E-state index is -0.769. The Balaban J connectivity index is 1.48. The van der Waals surface area contributed by atoms with Gasteiger partial charge in [0.15, 0.2) is 0 Å². The van der Waals surface area contributed by atoms with Crippen LogP contribution in [0.4, 0.5) is 0 Å². The molecule has 1 aromatic carbocycles. The number of aliphatic hydroxyl groups excluding tert-OH is 2. The number of amides is 2. The van der Waals surface area contributed by atoms with Crippen LogP contribution in [0.25, 0.3) is 10.4 Å². The summed E-state index contributed by atoms with van der Waals surface area (Å²) in [5.74, 6) is -0.569. The van der Waals surface area contributed by atoms with Crippen molar-refractivity contribution < 1.29 is 19.8 Å². The highest BCUT2D eigenvalue weighted by atomic mass is 32.1. The van der Waals surface area contributed by atoms with Gasteiger partial charge in [0, 0.05) is 19.2 Å². The zero-order valence-corrected chi connectivity index (χ0v) is 24.3. The number of aromatic nitrogens is 3. The Bertz CT molecular complexity index is 1290. The molecule has 0 aliphatic carbocycles. The van der Waals surface area contributed by atoms with E-state index in [1.807, 2.05) is 51.2 Å². The van der Waals surface area contributed by atoms with Crippen LogP contribution in [-0.4, -0.2) is 60.4 Å². The van der Waals surface area contributed by atoms with Gasteiger partial charge in [-0.15, -0.1) is 11.3 Å². The Hall–Kier alpha value is -3.08. The van der Waals surface area contributed by atoms with Gasteiger partial charge in [0.1, 0.15) is 12.1 Å². The van der Waals surface area contributed by atoms with Crippen LogP contribution in [0.1, 0.15) is 76.9 Å². The smallest absolute Gasteiger partial charge is 0.248 e. The monoisotopic (exact) mass is 553 g/mol. The van der Waals surface area contributed by atoms with Gasteiger partial charge in [0.2, 0.25) is 11.8 Å². The minimum Gasteiger partial charge on any atom is -0.391 e. The lowest BCUT2D eigenvalue weighted by atomic mass is 9.90. The molecule has 1 fully saturated rings. The first-order chi connectivity index (χ1) is 18.4. The van der Waals surface area contributed by atoms with Crippen molar-refractivity contribution in [2.75, 3.05) is 6.54 Å². The highest BCUT2D eigenvalue weighted by Gasteiger charge is 2.43. The molecular formula is C29H39N5O4S. The van der Waals surface area contributed by atoms with E-state index in [0.717, 1.165) is 21.6 Å². The average molecular weight is 554 g/mol. The fourth-order valence-corrected chi connectivity index (χ4v) is 5.80. The number of thiazole rings is 1. The fraction of sp³-hybridized carbons (Fsp3) is 0.517. The molecule has 0 bridgehead atoms. The standard InChI is InChI=1S/C29H39N5O4S/c1-17(2)25(34-13-21(12-31-34)29(4,5)6)28(38)33-14-22(36)11-24(33)27(37)32-18(3)19-7-9-20(10-8-19)26-23(15-35)30-16-39-26/h7-10,12-13,16-18,22,24-25,35-36H,11,14-15H2,1-6H3,(H,32,37). The lowest BCUT2D eigenvalue weighted by molar-refractivity contribution is -0.142. The normalized spacial score (nSPS) is 19.4. The Morgan fingerprint density at radius 3 is 2.46 bits per heavy atom. The first kappa shape index (κ1) is 28.9. The van der Waals surface area contributed by atoms with E-state index < -0.39 is 18.2 Å². The summed E-state index contributed by atoms with van der Waals surface area (Å²) in [6.07, 6.45) is 3.12. The van der Waals surface area contributed by atoms with Crippen LogP contribution in [0, 0.1) is 5.92 Å². The van der Waals surface area contributed by atoms with Crippen molar-refractivity contribution >= 4 is 23.2 Å². The Morgan fingerprint density at radius 1 is 1.18 bits per heavy atom. The number of likely N-dealkylation sites (tertiary alicyclic amines) is 1. The van der Waals surface area contributed by atoms with Gasteiger partial charge in [0.25, 0.3) is 0 Å². The van der Waals surface area contributed by atoms with E-state index in [1.54, 1.807) is 16.4 Å². The molecule has 4 rings (SSSR count). The summed E-state index contributed by atoms with van der Waals surface area (Å²) in [6, 6.07) is 6.12. The lowest BCUT2D eigenvalue weighted by Gasteiger charge is -2.30. The van der Waals surface area contributed by atoms with Gasteiger partial charge in [0.05, 0.1) is 41.0 Å². The maximum Gasteiger partial charge on any atom is 0.248 e. The van der Waals surface area contributed by atoms with Gasteiger partial charge in [-0.2, -0.15) is 5.10 Å². The predicted molar refractivity (Wildman–Crippen MR) is 151 cm³/mol. The maximum absolute atomic E-state index is 13.8. The highest BCUT2D eigenvalue weighted by Crippen LogP contribution is 2.31. The summed E-state index contributed by atoms with van der Waals surface area (Å²) in [6.45, 7) is 12.1. The first-order valence-electron chi connectivity index (χ1n) is 13.4. The predicted octanol–water partition coefficient (Wildman–Crippen LogP) is 3.83. The SMILES string of the molecule is CC(NC(=O)C1CC(O)CN1C(=O)C(C(C)C)n1cc(C(C)(C)C)cn1)c1ccc(-c2scnc2CO)cc1. The minimum absolute atomic E-state index is 0.0611. The van der Waals surface area contributed by atoms with Crippen LogP contribution in [0.5, 0.6) is 0 Å². The van der Waals surface area contributed by atoms with Crippen molar-refractivity contribution in [3.8, 4) is 10.4 Å². The summed E-state index contributed by atoms with van der Waals surface area (Å²) < 4.78 is 1.70. The van der Waals surface area contributed by atoms with E-state index >= 15 is 0 Å². The topological polar surface area (TPSA) is 121 Å². The first-order valence-corrected chi connectivity index (χ1v) is 14.3. The molecule has 210 valence electrons. The number of benzene rings is 1. The second kappa shape index (κ2) is 11.6. The molecule has 4 atom stereocenters. The van der Waals surface area contributed by atoms with Crippen molar-refractivity contribution in [1.82, 2.24) is 25.0 Å². The number of aliphatic hydroxyl groups is 2. The van der Waals surface area contributed by atoms with Crippen LogP contribution in [0.2, 0.25) is 0 Å². The maximum atomic E-state index is 13.8. The largest absolute Gasteiger partial charge is 0.391 e. The molecule has 1 aliphatic rings. The Morgan fingerprint density at radius 2 is 1.87 bits per heavy atom. The molecule has 2 amide bonds. The van der Waals surface area contributed by atoms with Crippen molar-refractivity contribution in [1.29, 1.82) is 0 Å². The zero-order chi connectivity index (χ0) is 28.5. The third kappa shape index (κ3) is 6.23. The number of nitrogens with zero attached hydrogens (tertiary/aromatic N) is 4. The van der Waals surface area contributed by atoms with Gasteiger partial charge in [-0.3, -0.25) is 14.3 Å². The molecule has 9 nitrogen and oxygen atoms in total. The van der Waals surface area contributed by atoms with Gasteiger partial charge in [-0.1, -0.05) is 58.9 Å². The Labute approximate surface area is 233 Å². The molecule has 3 N–H and O–H groups in total. The van der Waals surface area contributed by atoms with Crippen molar-refractivity contribution in [3.63, 3.8) is 0 Å². The van der Waals surface area contributed by atoms with Crippen LogP contribution in [0.15, 0.2) is 42.2 Å². The van der Waals surface area contributed by atoms with E-state index in [2.05, 4.69) is 36.2 Å². The molecule has 0 radical (unpaired) electrons. The zero-order valence-electron chi connectivity index (χ0n) is 23.5. The second-order valence-electron chi connectivity index (χ2n) is 11.7. The van der Waals surface area contributed by atoms with Gasteiger partial charge in [-0.05, 0) is 34.9 Å².